The minimum absolute atomic E-state index is 0.122. The highest BCUT2D eigenvalue weighted by Gasteiger charge is 2.32. The summed E-state index contributed by atoms with van der Waals surface area (Å²) >= 11 is 0. The van der Waals surface area contributed by atoms with Crippen LogP contribution in [0.3, 0.4) is 0 Å². The van der Waals surface area contributed by atoms with Gasteiger partial charge in [0, 0.05) is 17.3 Å². The van der Waals surface area contributed by atoms with Crippen molar-refractivity contribution in [2.45, 2.75) is 19.1 Å². The molecule has 1 unspecified atom stereocenters. The first kappa shape index (κ1) is 21.6. The van der Waals surface area contributed by atoms with Crippen molar-refractivity contribution in [2.24, 2.45) is 0 Å². The van der Waals surface area contributed by atoms with E-state index in [9.17, 15) is 27.5 Å². The van der Waals surface area contributed by atoms with Gasteiger partial charge in [0.2, 0.25) is 0 Å². The highest BCUT2D eigenvalue weighted by atomic mass is 19.4. The van der Waals surface area contributed by atoms with E-state index in [4.69, 9.17) is 0 Å². The van der Waals surface area contributed by atoms with Crippen LogP contribution in [0.1, 0.15) is 18.7 Å². The first-order chi connectivity index (χ1) is 15.2. The molecule has 32 heavy (non-hydrogen) atoms. The lowest BCUT2D eigenvalue weighted by molar-refractivity contribution is -0.141. The van der Waals surface area contributed by atoms with Gasteiger partial charge in [0.05, 0.1) is 35.8 Å². The van der Waals surface area contributed by atoms with Gasteiger partial charge in [-0.15, -0.1) is 0 Å². The van der Waals surface area contributed by atoms with E-state index in [2.05, 4.69) is 15.0 Å². The first-order valence-corrected chi connectivity index (χ1v) is 9.51. The van der Waals surface area contributed by atoms with Crippen LogP contribution in [-0.4, -0.2) is 31.2 Å². The zero-order valence-electron chi connectivity index (χ0n) is 16.6. The van der Waals surface area contributed by atoms with Crippen molar-refractivity contribution in [3.05, 3.63) is 76.9 Å². The van der Waals surface area contributed by atoms with Gasteiger partial charge in [-0.1, -0.05) is 12.1 Å². The molecule has 0 aliphatic heterocycles. The van der Waals surface area contributed by atoms with Crippen LogP contribution in [0.15, 0.2) is 59.8 Å². The molecule has 0 saturated heterocycles. The molecular formula is C22H16F4N4O2. The van der Waals surface area contributed by atoms with Crippen LogP contribution >= 0.6 is 0 Å². The predicted molar refractivity (Wildman–Crippen MR) is 109 cm³/mol. The Morgan fingerprint density at radius 2 is 1.88 bits per heavy atom. The number of rotatable bonds is 4. The first-order valence-electron chi connectivity index (χ1n) is 9.51. The second-order valence-electron chi connectivity index (χ2n) is 7.18. The summed E-state index contributed by atoms with van der Waals surface area (Å²) in [5.41, 5.74) is -0.389. The van der Waals surface area contributed by atoms with Crippen LogP contribution in [0.5, 0.6) is 0 Å². The molecule has 0 spiro atoms. The van der Waals surface area contributed by atoms with Gasteiger partial charge < -0.3 is 5.11 Å². The van der Waals surface area contributed by atoms with Gasteiger partial charge in [0.1, 0.15) is 17.0 Å². The summed E-state index contributed by atoms with van der Waals surface area (Å²) in [4.78, 5) is 25.3. The number of hydrogen-bond acceptors (Lipinski definition) is 5. The molecule has 6 nitrogen and oxygen atoms in total. The van der Waals surface area contributed by atoms with Crippen molar-refractivity contribution < 1.29 is 22.7 Å². The molecule has 1 N–H and O–H groups in total. The number of alkyl halides is 3. The van der Waals surface area contributed by atoms with E-state index in [-0.39, 0.29) is 34.5 Å². The maximum Gasteiger partial charge on any atom is 0.433 e. The number of fused-ring (bicyclic) bond motifs is 1. The molecule has 0 bridgehead atoms. The zero-order chi connectivity index (χ0) is 23.0. The quantitative estimate of drug-likeness (QED) is 0.477. The molecule has 3 heterocycles. The van der Waals surface area contributed by atoms with E-state index in [1.165, 1.54) is 41.2 Å². The van der Waals surface area contributed by atoms with Crippen molar-refractivity contribution in [2.75, 3.05) is 6.61 Å². The highest BCUT2D eigenvalue weighted by Crippen LogP contribution is 2.31. The molecular weight excluding hydrogens is 428 g/mol. The van der Waals surface area contributed by atoms with Gasteiger partial charge in [-0.3, -0.25) is 14.3 Å². The molecule has 0 radical (unpaired) electrons. The zero-order valence-corrected chi connectivity index (χ0v) is 16.6. The minimum atomic E-state index is -4.60. The molecule has 4 aromatic rings. The Bertz CT molecular complexity index is 1350. The molecule has 0 amide bonds. The largest absolute Gasteiger partial charge is 0.433 e. The molecule has 0 saturated carbocycles. The predicted octanol–water partition coefficient (Wildman–Crippen LogP) is 4.23. The number of aliphatic hydroxyl groups is 1. The monoisotopic (exact) mass is 444 g/mol. The summed E-state index contributed by atoms with van der Waals surface area (Å²) in [6, 6.07) is 8.39. The summed E-state index contributed by atoms with van der Waals surface area (Å²) in [7, 11) is 0. The second-order valence-corrected chi connectivity index (χ2v) is 7.18. The smallest absolute Gasteiger partial charge is 0.394 e. The fourth-order valence-corrected chi connectivity index (χ4v) is 3.24. The standard InChI is InChI=1S/C22H16F4N4O2/c1-12(10-31)30-11-28-20-16(21(30)32)8-17(14-5-6-18(27-9-14)22(24,25)26)29-19(20)13-3-2-4-15(23)7-13/h2-9,11-12,31H,10H2,1H3. The molecule has 0 aliphatic carbocycles. The third-order valence-electron chi connectivity index (χ3n) is 4.96. The molecule has 1 aromatic carbocycles. The Labute approximate surface area is 178 Å². The summed E-state index contributed by atoms with van der Waals surface area (Å²) in [6.07, 6.45) is -2.31. The molecule has 4 rings (SSSR count). The summed E-state index contributed by atoms with van der Waals surface area (Å²) in [5, 5.41) is 9.55. The van der Waals surface area contributed by atoms with Crippen molar-refractivity contribution in [1.29, 1.82) is 0 Å². The number of hydrogen-bond donors (Lipinski definition) is 1. The Morgan fingerprint density at radius 1 is 1.09 bits per heavy atom. The minimum Gasteiger partial charge on any atom is -0.394 e. The molecule has 0 fully saturated rings. The Balaban J connectivity index is 1.99. The molecule has 3 aromatic heterocycles. The van der Waals surface area contributed by atoms with Crippen molar-refractivity contribution in [3.63, 3.8) is 0 Å². The fourth-order valence-electron chi connectivity index (χ4n) is 3.24. The number of benzene rings is 1. The number of aromatic nitrogens is 4. The average Bonchev–Trinajstić information content (AvgIpc) is 2.78. The average molecular weight is 444 g/mol. The van der Waals surface area contributed by atoms with Crippen molar-refractivity contribution in [1.82, 2.24) is 19.5 Å². The van der Waals surface area contributed by atoms with Crippen LogP contribution in [0, 0.1) is 5.82 Å². The highest BCUT2D eigenvalue weighted by molar-refractivity contribution is 5.93. The lowest BCUT2D eigenvalue weighted by Crippen LogP contribution is -2.25. The van der Waals surface area contributed by atoms with Crippen LogP contribution in [0.4, 0.5) is 17.6 Å². The lowest BCUT2D eigenvalue weighted by Gasteiger charge is -2.14. The Kier molecular flexibility index (Phi) is 5.47. The van der Waals surface area contributed by atoms with E-state index >= 15 is 0 Å². The van der Waals surface area contributed by atoms with Crippen LogP contribution in [0.25, 0.3) is 33.4 Å². The van der Waals surface area contributed by atoms with Gasteiger partial charge in [0.25, 0.3) is 5.56 Å². The fraction of sp³-hybridized carbons (Fsp3) is 0.182. The van der Waals surface area contributed by atoms with Crippen LogP contribution < -0.4 is 5.56 Å². The van der Waals surface area contributed by atoms with Gasteiger partial charge in [0.15, 0.2) is 0 Å². The number of nitrogens with zero attached hydrogens (tertiary/aromatic N) is 4. The lowest BCUT2D eigenvalue weighted by atomic mass is 10.0. The topological polar surface area (TPSA) is 80.9 Å². The number of aliphatic hydroxyl groups excluding tert-OH is 1. The third-order valence-corrected chi connectivity index (χ3v) is 4.96. The SMILES string of the molecule is CC(CO)n1cnc2c(-c3cccc(F)c3)nc(-c3ccc(C(F)(F)F)nc3)cc2c1=O. The molecule has 164 valence electrons. The van der Waals surface area contributed by atoms with Crippen LogP contribution in [-0.2, 0) is 6.18 Å². The van der Waals surface area contributed by atoms with Gasteiger partial charge in [-0.25, -0.2) is 14.4 Å². The van der Waals surface area contributed by atoms with E-state index in [0.29, 0.717) is 5.56 Å². The van der Waals surface area contributed by atoms with Crippen molar-refractivity contribution >= 4 is 10.9 Å². The van der Waals surface area contributed by atoms with Gasteiger partial charge >= 0.3 is 6.18 Å². The van der Waals surface area contributed by atoms with Crippen LogP contribution in [0.2, 0.25) is 0 Å². The van der Waals surface area contributed by atoms with E-state index < -0.39 is 29.3 Å². The summed E-state index contributed by atoms with van der Waals surface area (Å²) in [6.45, 7) is 1.33. The third kappa shape index (κ3) is 3.96. The maximum atomic E-state index is 13.9. The molecule has 0 aliphatic rings. The second kappa shape index (κ2) is 8.12. The van der Waals surface area contributed by atoms with E-state index in [1.54, 1.807) is 13.0 Å². The molecule has 1 atom stereocenters. The van der Waals surface area contributed by atoms with E-state index in [1.807, 2.05) is 0 Å². The summed E-state index contributed by atoms with van der Waals surface area (Å²) < 4.78 is 53.7. The maximum absolute atomic E-state index is 13.9. The van der Waals surface area contributed by atoms with E-state index in [0.717, 1.165) is 12.3 Å². The van der Waals surface area contributed by atoms with Gasteiger partial charge in [-0.05, 0) is 37.3 Å². The normalized spacial score (nSPS) is 12.8. The number of halogens is 4. The Hall–Kier alpha value is -3.66. The molecule has 10 heteroatoms. The Morgan fingerprint density at radius 3 is 2.50 bits per heavy atom. The van der Waals surface area contributed by atoms with Gasteiger partial charge in [-0.2, -0.15) is 13.2 Å². The van der Waals surface area contributed by atoms with Crippen molar-refractivity contribution in [3.8, 4) is 22.5 Å². The summed E-state index contributed by atoms with van der Waals surface area (Å²) in [5.74, 6) is -0.527. The number of pyridine rings is 2.